The van der Waals surface area contributed by atoms with Crippen molar-refractivity contribution in [3.63, 3.8) is 0 Å². The Labute approximate surface area is 205 Å². The molecule has 2 atom stereocenters. The average molecular weight is 473 g/mol. The molecular weight excluding hydrogens is 428 g/mol. The summed E-state index contributed by atoms with van der Waals surface area (Å²) in [6.45, 7) is 6.21. The third-order valence-corrected chi connectivity index (χ3v) is 7.96. The summed E-state index contributed by atoms with van der Waals surface area (Å²) in [5, 5.41) is 0. The van der Waals surface area contributed by atoms with Crippen molar-refractivity contribution in [3.05, 3.63) is 35.4 Å². The van der Waals surface area contributed by atoms with Gasteiger partial charge in [-0.05, 0) is 67.4 Å². The summed E-state index contributed by atoms with van der Waals surface area (Å²) >= 11 is 0. The van der Waals surface area contributed by atoms with Gasteiger partial charge in [-0.25, -0.2) is 0 Å². The number of rotatable bonds is 15. The summed E-state index contributed by atoms with van der Waals surface area (Å²) in [5.74, 6) is 2.72. The first-order valence-corrected chi connectivity index (χ1v) is 13.4. The molecule has 0 aromatic heterocycles. The van der Waals surface area contributed by atoms with E-state index in [-0.39, 0.29) is 12.2 Å². The van der Waals surface area contributed by atoms with Crippen LogP contribution in [0, 0.1) is 17.8 Å². The maximum absolute atomic E-state index is 12.7. The Bertz CT molecular complexity index is 735. The van der Waals surface area contributed by atoms with Gasteiger partial charge in [-0.3, -0.25) is 4.79 Å². The molecule has 190 valence electrons. The highest BCUT2D eigenvalue weighted by molar-refractivity contribution is 5.76. The van der Waals surface area contributed by atoms with Crippen LogP contribution in [0.1, 0.15) is 49.7 Å². The van der Waals surface area contributed by atoms with Crippen molar-refractivity contribution in [2.75, 3.05) is 60.2 Å². The smallest absolute Gasteiger partial charge is 0.225 e. The van der Waals surface area contributed by atoms with Gasteiger partial charge >= 0.3 is 0 Å². The van der Waals surface area contributed by atoms with Crippen molar-refractivity contribution in [2.24, 2.45) is 17.8 Å². The molecule has 0 spiro atoms. The zero-order valence-electron chi connectivity index (χ0n) is 21.3. The number of ether oxygens (including phenoxy) is 3. The highest BCUT2D eigenvalue weighted by Gasteiger charge is 2.35. The fourth-order valence-electron chi connectivity index (χ4n) is 5.60. The topological polar surface area (TPSA) is 51.2 Å². The Kier molecular flexibility index (Phi) is 9.80. The Morgan fingerprint density at radius 3 is 2.24 bits per heavy atom. The van der Waals surface area contributed by atoms with Crippen LogP contribution in [0.4, 0.5) is 0 Å². The molecule has 1 aromatic rings. The summed E-state index contributed by atoms with van der Waals surface area (Å²) in [4.78, 5) is 17.2. The summed E-state index contributed by atoms with van der Waals surface area (Å²) in [7, 11) is 3.22. The summed E-state index contributed by atoms with van der Waals surface area (Å²) in [5.41, 5.74) is 2.72. The molecular formula is C28H44N2O4. The van der Waals surface area contributed by atoms with Crippen LogP contribution in [0.15, 0.2) is 24.3 Å². The van der Waals surface area contributed by atoms with E-state index in [0.29, 0.717) is 32.1 Å². The highest BCUT2D eigenvalue weighted by Crippen LogP contribution is 2.37. The number of methoxy groups -OCH3 is 2. The molecule has 0 N–H and O–H groups in total. The van der Waals surface area contributed by atoms with Gasteiger partial charge in [-0.1, -0.05) is 30.7 Å². The fourth-order valence-corrected chi connectivity index (χ4v) is 5.60. The first-order chi connectivity index (χ1) is 16.6. The molecule has 1 heterocycles. The average Bonchev–Trinajstić information content (AvgIpc) is 3.42. The number of carbonyl (C=O) groups excluding carboxylic acids is 1. The molecule has 3 aliphatic rings. The summed E-state index contributed by atoms with van der Waals surface area (Å²) in [6.07, 6.45) is 8.83. The molecule has 2 aliphatic carbocycles. The summed E-state index contributed by atoms with van der Waals surface area (Å²) < 4.78 is 16.4. The van der Waals surface area contributed by atoms with Crippen LogP contribution in [0.2, 0.25) is 0 Å². The Hall–Kier alpha value is -1.47. The van der Waals surface area contributed by atoms with Crippen molar-refractivity contribution in [3.8, 4) is 0 Å². The van der Waals surface area contributed by atoms with Crippen molar-refractivity contribution < 1.29 is 19.0 Å². The van der Waals surface area contributed by atoms with E-state index in [1.54, 1.807) is 14.2 Å². The Morgan fingerprint density at radius 2 is 1.62 bits per heavy atom. The predicted molar refractivity (Wildman–Crippen MR) is 134 cm³/mol. The predicted octanol–water partition coefficient (Wildman–Crippen LogP) is 3.77. The number of amides is 1. The van der Waals surface area contributed by atoms with Crippen LogP contribution in [-0.2, 0) is 31.8 Å². The second kappa shape index (κ2) is 13.0. The van der Waals surface area contributed by atoms with Gasteiger partial charge in [0.2, 0.25) is 5.91 Å². The summed E-state index contributed by atoms with van der Waals surface area (Å²) in [6, 6.07) is 9.01. The lowest BCUT2D eigenvalue weighted by atomic mass is 10.0. The van der Waals surface area contributed by atoms with Crippen molar-refractivity contribution in [2.45, 2.75) is 57.7 Å². The minimum absolute atomic E-state index is 0.122. The molecule has 3 fully saturated rings. The molecule has 0 bridgehead atoms. The van der Waals surface area contributed by atoms with E-state index >= 15 is 0 Å². The molecule has 0 radical (unpaired) electrons. The van der Waals surface area contributed by atoms with Crippen molar-refractivity contribution >= 4 is 5.91 Å². The standard InChI is InChI=1S/C28H44N2O4/c1-32-28(33-2)21-30(18-24-10-11-24)27(31)14-17-34-16-13-23-8-6-22(7-9-23)12-15-29-19-25-4-3-5-26(25)20-29/h6-9,24-26,28H,3-5,10-21H2,1-2H3/t25-,26+. The monoisotopic (exact) mass is 472 g/mol. The van der Waals surface area contributed by atoms with Crippen LogP contribution in [0.3, 0.4) is 0 Å². The van der Waals surface area contributed by atoms with E-state index in [1.165, 1.54) is 62.9 Å². The molecule has 1 aromatic carbocycles. The number of hydrogen-bond acceptors (Lipinski definition) is 5. The Morgan fingerprint density at radius 1 is 0.971 bits per heavy atom. The minimum atomic E-state index is -0.374. The van der Waals surface area contributed by atoms with Gasteiger partial charge in [0.05, 0.1) is 26.2 Å². The molecule has 0 unspecified atom stereocenters. The quantitative estimate of drug-likeness (QED) is 0.287. The normalized spacial score (nSPS) is 22.4. The second-order valence-electron chi connectivity index (χ2n) is 10.5. The molecule has 6 heteroatoms. The number of hydrogen-bond donors (Lipinski definition) is 0. The SMILES string of the molecule is COC(CN(CC1CC1)C(=O)CCOCCc1ccc(CCN2C[C@H]3CCC[C@H]3C2)cc1)OC. The van der Waals surface area contributed by atoms with Crippen LogP contribution < -0.4 is 0 Å². The first-order valence-electron chi connectivity index (χ1n) is 13.4. The molecule has 1 saturated heterocycles. The third kappa shape index (κ3) is 7.77. The molecule has 1 aliphatic heterocycles. The van der Waals surface area contributed by atoms with Crippen molar-refractivity contribution in [1.82, 2.24) is 9.80 Å². The number of likely N-dealkylation sites (tertiary alicyclic amines) is 1. The van der Waals surface area contributed by atoms with E-state index in [9.17, 15) is 4.79 Å². The van der Waals surface area contributed by atoms with E-state index in [1.807, 2.05) is 4.90 Å². The van der Waals surface area contributed by atoms with E-state index in [4.69, 9.17) is 14.2 Å². The minimum Gasteiger partial charge on any atom is -0.381 e. The van der Waals surface area contributed by atoms with Gasteiger partial charge in [-0.2, -0.15) is 0 Å². The van der Waals surface area contributed by atoms with Crippen LogP contribution in [0.5, 0.6) is 0 Å². The van der Waals surface area contributed by atoms with Gasteiger partial charge in [0, 0.05) is 40.4 Å². The van der Waals surface area contributed by atoms with Gasteiger partial charge in [-0.15, -0.1) is 0 Å². The zero-order valence-corrected chi connectivity index (χ0v) is 21.3. The second-order valence-corrected chi connectivity index (χ2v) is 10.5. The number of nitrogens with zero attached hydrogens (tertiary/aromatic N) is 2. The fraction of sp³-hybridized carbons (Fsp3) is 0.750. The van der Waals surface area contributed by atoms with Gasteiger partial charge in [0.15, 0.2) is 6.29 Å². The van der Waals surface area contributed by atoms with Crippen LogP contribution >= 0.6 is 0 Å². The van der Waals surface area contributed by atoms with Crippen LogP contribution in [0.25, 0.3) is 0 Å². The molecule has 6 nitrogen and oxygen atoms in total. The molecule has 4 rings (SSSR count). The van der Waals surface area contributed by atoms with Gasteiger partial charge < -0.3 is 24.0 Å². The van der Waals surface area contributed by atoms with Crippen molar-refractivity contribution in [1.29, 1.82) is 0 Å². The molecule has 1 amide bonds. The van der Waals surface area contributed by atoms with E-state index in [0.717, 1.165) is 31.2 Å². The molecule has 34 heavy (non-hydrogen) atoms. The maximum Gasteiger partial charge on any atom is 0.225 e. The lowest BCUT2D eigenvalue weighted by Crippen LogP contribution is -2.40. The number of carbonyl (C=O) groups is 1. The van der Waals surface area contributed by atoms with Gasteiger partial charge in [0.1, 0.15) is 0 Å². The lowest BCUT2D eigenvalue weighted by molar-refractivity contribution is -0.146. The third-order valence-electron chi connectivity index (χ3n) is 7.96. The molecule has 2 saturated carbocycles. The van der Waals surface area contributed by atoms with Crippen LogP contribution in [-0.4, -0.2) is 82.2 Å². The zero-order chi connectivity index (χ0) is 23.8. The van der Waals surface area contributed by atoms with Gasteiger partial charge in [0.25, 0.3) is 0 Å². The first kappa shape index (κ1) is 25.6. The largest absolute Gasteiger partial charge is 0.381 e. The van der Waals surface area contributed by atoms with E-state index in [2.05, 4.69) is 29.2 Å². The Balaban J connectivity index is 1.09. The number of benzene rings is 1. The highest BCUT2D eigenvalue weighted by atomic mass is 16.7. The number of fused-ring (bicyclic) bond motifs is 1. The van der Waals surface area contributed by atoms with E-state index < -0.39 is 0 Å². The maximum atomic E-state index is 12.7. The lowest BCUT2D eigenvalue weighted by Gasteiger charge is -2.26.